The van der Waals surface area contributed by atoms with E-state index in [-0.39, 0.29) is 17.9 Å². The first-order valence-electron chi connectivity index (χ1n) is 7.18. The average molecular weight is 325 g/mol. The highest BCUT2D eigenvalue weighted by Crippen LogP contribution is 2.14. The van der Waals surface area contributed by atoms with Gasteiger partial charge in [0.2, 0.25) is 0 Å². The van der Waals surface area contributed by atoms with E-state index in [4.69, 9.17) is 5.73 Å². The molecule has 0 radical (unpaired) electrons. The molecule has 0 unspecified atom stereocenters. The van der Waals surface area contributed by atoms with Gasteiger partial charge in [0.15, 0.2) is 0 Å². The van der Waals surface area contributed by atoms with Crippen LogP contribution in [0.25, 0.3) is 5.69 Å². The largest absolute Gasteiger partial charge is 0.392 e. The van der Waals surface area contributed by atoms with Crippen LogP contribution in [0.15, 0.2) is 58.4 Å². The number of rotatable bonds is 4. The lowest BCUT2D eigenvalue weighted by molar-refractivity contribution is 0.0946. The van der Waals surface area contributed by atoms with Gasteiger partial charge in [0.05, 0.1) is 0 Å². The number of nitrogens with one attached hydrogen (secondary N) is 3. The second-order valence-electron chi connectivity index (χ2n) is 5.10. The Morgan fingerprint density at radius 2 is 1.79 bits per heavy atom. The van der Waals surface area contributed by atoms with Gasteiger partial charge >= 0.3 is 5.69 Å². The summed E-state index contributed by atoms with van der Waals surface area (Å²) in [6.45, 7) is 0.210. The van der Waals surface area contributed by atoms with E-state index in [1.54, 1.807) is 0 Å². The van der Waals surface area contributed by atoms with Crippen molar-refractivity contribution in [1.29, 1.82) is 0 Å². The molecule has 24 heavy (non-hydrogen) atoms. The van der Waals surface area contributed by atoms with E-state index in [9.17, 15) is 14.4 Å². The maximum Gasteiger partial charge on any atom is 0.326 e. The maximum absolute atomic E-state index is 12.2. The third-order valence-corrected chi connectivity index (χ3v) is 3.52. The van der Waals surface area contributed by atoms with Crippen LogP contribution in [0.4, 0.5) is 5.69 Å². The molecule has 8 heteroatoms. The van der Waals surface area contributed by atoms with Crippen molar-refractivity contribution in [3.05, 3.63) is 80.9 Å². The number of amides is 1. The maximum atomic E-state index is 12.2. The third kappa shape index (κ3) is 2.98. The molecule has 0 atom stereocenters. The number of nitrogens with two attached hydrogens (primary N) is 1. The predicted octanol–water partition coefficient (Wildman–Crippen LogP) is 0.366. The summed E-state index contributed by atoms with van der Waals surface area (Å²) in [6.07, 6.45) is 3.79. The first-order chi connectivity index (χ1) is 11.6. The number of H-pyrrole nitrogens is 2. The fraction of sp³-hybridized carbons (Fsp3) is 0.0625. The number of aromatic amines is 2. The molecule has 0 fully saturated rings. The number of anilines is 1. The number of nitrogens with zero attached hydrogens (tertiary/aromatic N) is 1. The van der Waals surface area contributed by atoms with Gasteiger partial charge in [-0.25, -0.2) is 4.79 Å². The summed E-state index contributed by atoms with van der Waals surface area (Å²) in [5, 5.41) is 2.66. The fourth-order valence-corrected chi connectivity index (χ4v) is 2.35. The van der Waals surface area contributed by atoms with Crippen molar-refractivity contribution in [2.45, 2.75) is 6.54 Å². The molecule has 1 aromatic carbocycles. The molecule has 0 aliphatic heterocycles. The number of hydrogen-bond acceptors (Lipinski definition) is 4. The summed E-state index contributed by atoms with van der Waals surface area (Å²) >= 11 is 0. The second kappa shape index (κ2) is 6.29. The van der Waals surface area contributed by atoms with Gasteiger partial charge in [-0.3, -0.25) is 14.6 Å². The molecule has 3 rings (SSSR count). The van der Waals surface area contributed by atoms with Crippen LogP contribution in [-0.2, 0) is 6.54 Å². The molecule has 0 aliphatic rings. The van der Waals surface area contributed by atoms with E-state index in [0.29, 0.717) is 0 Å². The predicted molar refractivity (Wildman–Crippen MR) is 89.0 cm³/mol. The standard InChI is InChI=1S/C16H15N5O3/c17-12-13(19-16(24)20-14(12)22)15(23)18-9-10-5-1-2-6-11(10)21-7-3-4-8-21/h1-8H,9,17H2,(H,18,23)(H2,19,20,22,24). The Balaban J connectivity index is 1.84. The summed E-state index contributed by atoms with van der Waals surface area (Å²) in [5.74, 6) is -0.627. The van der Waals surface area contributed by atoms with Crippen LogP contribution in [-0.4, -0.2) is 20.4 Å². The highest BCUT2D eigenvalue weighted by atomic mass is 16.2. The Bertz CT molecular complexity index is 985. The molecule has 2 heterocycles. The molecule has 0 aliphatic carbocycles. The quantitative estimate of drug-likeness (QED) is 0.553. The van der Waals surface area contributed by atoms with E-state index >= 15 is 0 Å². The van der Waals surface area contributed by atoms with Crippen molar-refractivity contribution in [2.24, 2.45) is 0 Å². The van der Waals surface area contributed by atoms with Crippen molar-refractivity contribution in [3.8, 4) is 5.69 Å². The molecule has 0 bridgehead atoms. The Hall–Kier alpha value is -3.55. The van der Waals surface area contributed by atoms with Crippen LogP contribution in [0, 0.1) is 0 Å². The SMILES string of the molecule is Nc1c(C(=O)NCc2ccccc2-n2cccc2)[nH]c(=O)[nH]c1=O. The highest BCUT2D eigenvalue weighted by molar-refractivity contribution is 5.96. The summed E-state index contributed by atoms with van der Waals surface area (Å²) in [4.78, 5) is 39.2. The fourth-order valence-electron chi connectivity index (χ4n) is 2.35. The van der Waals surface area contributed by atoms with Gasteiger partial charge in [0.25, 0.3) is 11.5 Å². The number of carbonyl (C=O) groups is 1. The van der Waals surface area contributed by atoms with E-state index in [1.807, 2.05) is 58.3 Å². The smallest absolute Gasteiger partial charge is 0.326 e. The van der Waals surface area contributed by atoms with Gasteiger partial charge in [-0.2, -0.15) is 0 Å². The summed E-state index contributed by atoms with van der Waals surface area (Å²) in [6, 6.07) is 11.4. The molecule has 5 N–H and O–H groups in total. The zero-order valence-electron chi connectivity index (χ0n) is 12.6. The topological polar surface area (TPSA) is 126 Å². The Labute approximate surface area is 136 Å². The van der Waals surface area contributed by atoms with Crippen molar-refractivity contribution >= 4 is 11.6 Å². The Morgan fingerprint density at radius 3 is 2.54 bits per heavy atom. The average Bonchev–Trinajstić information content (AvgIpc) is 3.10. The highest BCUT2D eigenvalue weighted by Gasteiger charge is 2.14. The van der Waals surface area contributed by atoms with E-state index in [0.717, 1.165) is 11.3 Å². The number of carbonyl (C=O) groups excluding carboxylic acids is 1. The first-order valence-corrected chi connectivity index (χ1v) is 7.18. The third-order valence-electron chi connectivity index (χ3n) is 3.52. The lowest BCUT2D eigenvalue weighted by Gasteiger charge is -2.12. The minimum Gasteiger partial charge on any atom is -0.392 e. The van der Waals surface area contributed by atoms with Crippen LogP contribution >= 0.6 is 0 Å². The van der Waals surface area contributed by atoms with Crippen molar-refractivity contribution in [3.63, 3.8) is 0 Å². The summed E-state index contributed by atoms with van der Waals surface area (Å²) in [7, 11) is 0. The van der Waals surface area contributed by atoms with Crippen LogP contribution in [0.2, 0.25) is 0 Å². The zero-order chi connectivity index (χ0) is 17.1. The van der Waals surface area contributed by atoms with E-state index < -0.39 is 17.2 Å². The van der Waals surface area contributed by atoms with Crippen LogP contribution in [0.1, 0.15) is 16.1 Å². The Kier molecular flexibility index (Phi) is 4.02. The zero-order valence-corrected chi connectivity index (χ0v) is 12.6. The second-order valence-corrected chi connectivity index (χ2v) is 5.10. The van der Waals surface area contributed by atoms with E-state index in [1.165, 1.54) is 0 Å². The Morgan fingerprint density at radius 1 is 1.08 bits per heavy atom. The molecular weight excluding hydrogens is 310 g/mol. The molecule has 0 spiro atoms. The van der Waals surface area contributed by atoms with Gasteiger partial charge in [-0.05, 0) is 23.8 Å². The van der Waals surface area contributed by atoms with Gasteiger partial charge in [0, 0.05) is 24.6 Å². The van der Waals surface area contributed by atoms with Crippen LogP contribution in [0.5, 0.6) is 0 Å². The van der Waals surface area contributed by atoms with Crippen LogP contribution < -0.4 is 22.3 Å². The molecule has 1 amide bonds. The number of benzene rings is 1. The number of aromatic nitrogens is 3. The monoisotopic (exact) mass is 325 g/mol. The molecule has 0 saturated carbocycles. The van der Waals surface area contributed by atoms with Crippen molar-refractivity contribution < 1.29 is 4.79 Å². The van der Waals surface area contributed by atoms with Gasteiger partial charge in [-0.15, -0.1) is 0 Å². The first kappa shape index (κ1) is 15.3. The van der Waals surface area contributed by atoms with Gasteiger partial charge < -0.3 is 20.6 Å². The minimum absolute atomic E-state index is 0.210. The number of nitrogen functional groups attached to an aromatic ring is 1. The van der Waals surface area contributed by atoms with Gasteiger partial charge in [0.1, 0.15) is 11.4 Å². The lowest BCUT2D eigenvalue weighted by Crippen LogP contribution is -2.33. The summed E-state index contributed by atoms with van der Waals surface area (Å²) < 4.78 is 1.92. The molecule has 0 saturated heterocycles. The number of para-hydroxylation sites is 1. The lowest BCUT2D eigenvalue weighted by atomic mass is 10.1. The normalized spacial score (nSPS) is 10.5. The molecule has 8 nitrogen and oxygen atoms in total. The molecular formula is C16H15N5O3. The summed E-state index contributed by atoms with van der Waals surface area (Å²) in [5.41, 5.74) is 5.17. The minimum atomic E-state index is -0.795. The van der Waals surface area contributed by atoms with Crippen molar-refractivity contribution in [1.82, 2.24) is 19.9 Å². The van der Waals surface area contributed by atoms with Crippen molar-refractivity contribution in [2.75, 3.05) is 5.73 Å². The molecule has 3 aromatic rings. The van der Waals surface area contributed by atoms with Crippen LogP contribution in [0.3, 0.4) is 0 Å². The number of hydrogen-bond donors (Lipinski definition) is 4. The van der Waals surface area contributed by atoms with E-state index in [2.05, 4.69) is 10.3 Å². The van der Waals surface area contributed by atoms with Gasteiger partial charge in [-0.1, -0.05) is 18.2 Å². The molecule has 2 aromatic heterocycles. The molecule has 122 valence electrons.